The molecule has 0 aliphatic heterocycles. The van der Waals surface area contributed by atoms with Gasteiger partial charge >= 0.3 is 0 Å². The average Bonchev–Trinajstić information content (AvgIpc) is 3.13. The number of Topliss-reactive ketones (excluding diaryl/α,β-unsaturated/α-hetero) is 1. The van der Waals surface area contributed by atoms with Crippen LogP contribution in [0.5, 0.6) is 0 Å². The van der Waals surface area contributed by atoms with E-state index >= 15 is 0 Å². The molecule has 1 aromatic rings. The molecule has 0 atom stereocenters. The van der Waals surface area contributed by atoms with Gasteiger partial charge in [0.25, 0.3) is 0 Å². The summed E-state index contributed by atoms with van der Waals surface area (Å²) in [4.78, 5) is 11.8. The minimum absolute atomic E-state index is 0.00949. The Morgan fingerprint density at radius 2 is 2.05 bits per heavy atom. The fourth-order valence-corrected chi connectivity index (χ4v) is 3.37. The number of ketones is 1. The van der Waals surface area contributed by atoms with Crippen LogP contribution in [0.4, 0.5) is 0 Å². The highest BCUT2D eigenvalue weighted by atomic mass is 32.2. The third kappa shape index (κ3) is 3.86. The molecule has 5 nitrogen and oxygen atoms in total. The second-order valence-corrected chi connectivity index (χ2v) is 6.33. The number of rotatable bonds is 7. The zero-order valence-corrected chi connectivity index (χ0v) is 11.6. The van der Waals surface area contributed by atoms with Crippen LogP contribution >= 0.6 is 0 Å². The molecule has 0 saturated heterocycles. The van der Waals surface area contributed by atoms with Gasteiger partial charge in [-0.1, -0.05) is 18.2 Å². The molecule has 6 heteroatoms. The van der Waals surface area contributed by atoms with Crippen LogP contribution in [-0.4, -0.2) is 34.0 Å². The number of ether oxygens (including phenoxy) is 1. The molecule has 1 fully saturated rings. The number of hydrogen-bond donors (Lipinski definition) is 1. The normalized spacial score (nSPS) is 15.4. The number of sulfonamides is 1. The standard InChI is InChI=1S/C13H17NO4S/c1-18-9-12(15)8-10-4-2-3-5-13(10)19(16,17)14-11-6-7-11/h2-5,11,14H,6-9H2,1H3. The Balaban J connectivity index is 2.22. The summed E-state index contributed by atoms with van der Waals surface area (Å²) in [5.41, 5.74) is 0.512. The van der Waals surface area contributed by atoms with Gasteiger partial charge < -0.3 is 4.74 Å². The molecule has 1 aliphatic rings. The Hall–Kier alpha value is -1.24. The van der Waals surface area contributed by atoms with E-state index in [9.17, 15) is 13.2 Å². The Morgan fingerprint density at radius 1 is 1.37 bits per heavy atom. The van der Waals surface area contributed by atoms with Crippen molar-refractivity contribution in [2.24, 2.45) is 0 Å². The van der Waals surface area contributed by atoms with Crippen molar-refractivity contribution in [3.05, 3.63) is 29.8 Å². The molecule has 0 spiro atoms. The van der Waals surface area contributed by atoms with Gasteiger partial charge in [0, 0.05) is 19.6 Å². The first-order valence-electron chi connectivity index (χ1n) is 6.14. The summed E-state index contributed by atoms with van der Waals surface area (Å²) >= 11 is 0. The molecule has 1 aliphatic carbocycles. The van der Waals surface area contributed by atoms with Gasteiger partial charge in [-0.2, -0.15) is 0 Å². The van der Waals surface area contributed by atoms with E-state index in [-0.39, 0.29) is 29.7 Å². The molecule has 2 rings (SSSR count). The van der Waals surface area contributed by atoms with Gasteiger partial charge in [0.2, 0.25) is 10.0 Å². The third-order valence-corrected chi connectivity index (χ3v) is 4.48. The van der Waals surface area contributed by atoms with E-state index in [0.29, 0.717) is 5.56 Å². The summed E-state index contributed by atoms with van der Waals surface area (Å²) in [7, 11) is -2.09. The molecule has 104 valence electrons. The van der Waals surface area contributed by atoms with E-state index in [2.05, 4.69) is 4.72 Å². The lowest BCUT2D eigenvalue weighted by molar-refractivity contribution is -0.122. The molecule has 1 N–H and O–H groups in total. The van der Waals surface area contributed by atoms with Crippen LogP contribution in [0.25, 0.3) is 0 Å². The Kier molecular flexibility index (Phi) is 4.34. The van der Waals surface area contributed by atoms with E-state index in [1.54, 1.807) is 18.2 Å². The van der Waals surface area contributed by atoms with Crippen LogP contribution in [0.1, 0.15) is 18.4 Å². The van der Waals surface area contributed by atoms with Crippen LogP contribution in [0.3, 0.4) is 0 Å². The highest BCUT2D eigenvalue weighted by molar-refractivity contribution is 7.89. The molecular weight excluding hydrogens is 266 g/mol. The molecule has 1 aromatic carbocycles. The first-order chi connectivity index (χ1) is 9.03. The maximum atomic E-state index is 12.2. The van der Waals surface area contributed by atoms with Crippen molar-refractivity contribution in [2.45, 2.75) is 30.2 Å². The number of methoxy groups -OCH3 is 1. The first-order valence-corrected chi connectivity index (χ1v) is 7.62. The van der Waals surface area contributed by atoms with Crippen molar-refractivity contribution >= 4 is 15.8 Å². The fourth-order valence-electron chi connectivity index (χ4n) is 1.82. The predicted octanol–water partition coefficient (Wildman–Crippen LogP) is 0.885. The maximum Gasteiger partial charge on any atom is 0.241 e. The summed E-state index contributed by atoms with van der Waals surface area (Å²) in [5, 5.41) is 0. The van der Waals surface area contributed by atoms with Crippen LogP contribution < -0.4 is 4.72 Å². The lowest BCUT2D eigenvalue weighted by atomic mass is 10.1. The number of carbonyl (C=O) groups excluding carboxylic acids is 1. The largest absolute Gasteiger partial charge is 0.377 e. The third-order valence-electron chi connectivity index (χ3n) is 2.85. The topological polar surface area (TPSA) is 72.5 Å². The van der Waals surface area contributed by atoms with Crippen molar-refractivity contribution in [2.75, 3.05) is 13.7 Å². The van der Waals surface area contributed by atoms with Gasteiger partial charge in [0.1, 0.15) is 6.61 Å². The average molecular weight is 283 g/mol. The van der Waals surface area contributed by atoms with Gasteiger partial charge in [-0.3, -0.25) is 4.79 Å². The van der Waals surface area contributed by atoms with E-state index in [4.69, 9.17) is 4.74 Å². The fraction of sp³-hybridized carbons (Fsp3) is 0.462. The van der Waals surface area contributed by atoms with Crippen molar-refractivity contribution in [3.63, 3.8) is 0 Å². The number of carbonyl (C=O) groups is 1. The molecule has 0 heterocycles. The lowest BCUT2D eigenvalue weighted by Crippen LogP contribution is -2.27. The van der Waals surface area contributed by atoms with Gasteiger partial charge in [-0.15, -0.1) is 0 Å². The van der Waals surface area contributed by atoms with Gasteiger partial charge in [0.15, 0.2) is 5.78 Å². The van der Waals surface area contributed by atoms with Gasteiger partial charge in [-0.25, -0.2) is 13.1 Å². The van der Waals surface area contributed by atoms with Crippen molar-refractivity contribution in [1.29, 1.82) is 0 Å². The molecule has 0 bridgehead atoms. The SMILES string of the molecule is COCC(=O)Cc1ccccc1S(=O)(=O)NC1CC1. The second kappa shape index (κ2) is 5.81. The lowest BCUT2D eigenvalue weighted by Gasteiger charge is -2.10. The van der Waals surface area contributed by atoms with Crippen LogP contribution in [0, 0.1) is 0 Å². The van der Waals surface area contributed by atoms with E-state index in [1.165, 1.54) is 13.2 Å². The minimum Gasteiger partial charge on any atom is -0.377 e. The molecular formula is C13H17NO4S. The smallest absolute Gasteiger partial charge is 0.241 e. The maximum absolute atomic E-state index is 12.2. The summed E-state index contributed by atoms with van der Waals surface area (Å²) in [5.74, 6) is -0.142. The summed E-state index contributed by atoms with van der Waals surface area (Å²) in [6.07, 6.45) is 1.82. The van der Waals surface area contributed by atoms with E-state index < -0.39 is 10.0 Å². The van der Waals surface area contributed by atoms with Crippen molar-refractivity contribution in [3.8, 4) is 0 Å². The predicted molar refractivity (Wildman–Crippen MR) is 70.4 cm³/mol. The van der Waals surface area contributed by atoms with E-state index in [1.807, 2.05) is 0 Å². The summed E-state index contributed by atoms with van der Waals surface area (Å²) in [6.45, 7) is -0.00949. The first kappa shape index (κ1) is 14.2. The Morgan fingerprint density at radius 3 is 2.68 bits per heavy atom. The van der Waals surface area contributed by atoms with E-state index in [0.717, 1.165) is 12.8 Å². The van der Waals surface area contributed by atoms with Crippen molar-refractivity contribution in [1.82, 2.24) is 4.72 Å². The molecule has 0 radical (unpaired) electrons. The highest BCUT2D eigenvalue weighted by Crippen LogP contribution is 2.23. The van der Waals surface area contributed by atoms with Crippen molar-refractivity contribution < 1.29 is 17.9 Å². The molecule has 0 aromatic heterocycles. The monoisotopic (exact) mass is 283 g/mol. The second-order valence-electron chi connectivity index (χ2n) is 4.65. The summed E-state index contributed by atoms with van der Waals surface area (Å²) < 4.78 is 31.8. The van der Waals surface area contributed by atoms with Gasteiger partial charge in [0.05, 0.1) is 4.90 Å². The number of hydrogen-bond acceptors (Lipinski definition) is 4. The highest BCUT2D eigenvalue weighted by Gasteiger charge is 2.29. The molecule has 0 amide bonds. The van der Waals surface area contributed by atoms with Gasteiger partial charge in [-0.05, 0) is 24.5 Å². The number of nitrogens with one attached hydrogen (secondary N) is 1. The zero-order chi connectivity index (χ0) is 13.9. The van der Waals surface area contributed by atoms with Crippen LogP contribution in [-0.2, 0) is 26.0 Å². The molecule has 0 unspecified atom stereocenters. The quantitative estimate of drug-likeness (QED) is 0.806. The Labute approximate surface area is 113 Å². The molecule has 19 heavy (non-hydrogen) atoms. The summed E-state index contributed by atoms with van der Waals surface area (Å²) in [6, 6.07) is 6.62. The minimum atomic E-state index is -3.53. The molecule has 1 saturated carbocycles. The van der Waals surface area contributed by atoms with Crippen LogP contribution in [0.15, 0.2) is 29.2 Å². The Bertz CT molecular complexity index is 564. The van der Waals surface area contributed by atoms with Crippen LogP contribution in [0.2, 0.25) is 0 Å². The number of benzene rings is 1. The zero-order valence-electron chi connectivity index (χ0n) is 10.8.